The molecule has 0 saturated carbocycles. The summed E-state index contributed by atoms with van der Waals surface area (Å²) in [6.07, 6.45) is 7.31. The van der Waals surface area contributed by atoms with E-state index in [9.17, 15) is 0 Å². The second kappa shape index (κ2) is 7.61. The molecule has 3 aromatic rings. The maximum absolute atomic E-state index is 4.50. The highest BCUT2D eigenvalue weighted by molar-refractivity contribution is 5.79. The van der Waals surface area contributed by atoms with Gasteiger partial charge in [-0.25, -0.2) is 9.97 Å². The molecule has 0 unspecified atom stereocenters. The minimum absolute atomic E-state index is 0.640. The number of nitrogens with zero attached hydrogens (tertiary/aromatic N) is 6. The van der Waals surface area contributed by atoms with E-state index in [1.807, 2.05) is 53.8 Å². The first kappa shape index (κ1) is 16.7. The third kappa shape index (κ3) is 4.03. The summed E-state index contributed by atoms with van der Waals surface area (Å²) < 4.78 is 3.78. The SMILES string of the molecule is CN=C(NCc1ccc(-n2ccnc2C)nc1)NCc1ccnn1C. The zero-order chi connectivity index (χ0) is 17.6. The molecule has 0 spiro atoms. The number of aryl methyl sites for hydroxylation is 2. The summed E-state index contributed by atoms with van der Waals surface area (Å²) in [4.78, 5) is 12.9. The van der Waals surface area contributed by atoms with Gasteiger partial charge in [0, 0.05) is 45.4 Å². The van der Waals surface area contributed by atoms with Crippen molar-refractivity contribution in [3.05, 3.63) is 60.1 Å². The maximum Gasteiger partial charge on any atom is 0.191 e. The highest BCUT2D eigenvalue weighted by atomic mass is 15.3. The number of aliphatic imine (C=N–C) groups is 1. The van der Waals surface area contributed by atoms with Crippen LogP contribution < -0.4 is 10.6 Å². The molecule has 0 aromatic carbocycles. The molecule has 130 valence electrons. The van der Waals surface area contributed by atoms with Crippen molar-refractivity contribution >= 4 is 5.96 Å². The lowest BCUT2D eigenvalue weighted by Crippen LogP contribution is -2.36. The number of rotatable bonds is 5. The maximum atomic E-state index is 4.50. The van der Waals surface area contributed by atoms with Gasteiger partial charge >= 0.3 is 0 Å². The average Bonchev–Trinajstić information content (AvgIpc) is 3.24. The Balaban J connectivity index is 1.55. The molecule has 3 heterocycles. The van der Waals surface area contributed by atoms with Gasteiger partial charge in [-0.15, -0.1) is 0 Å². The van der Waals surface area contributed by atoms with E-state index in [-0.39, 0.29) is 0 Å². The van der Waals surface area contributed by atoms with Crippen molar-refractivity contribution in [3.63, 3.8) is 0 Å². The van der Waals surface area contributed by atoms with Crippen LogP contribution in [0.15, 0.2) is 48.0 Å². The fourth-order valence-electron chi connectivity index (χ4n) is 2.44. The molecule has 0 aliphatic rings. The van der Waals surface area contributed by atoms with Crippen LogP contribution in [0, 0.1) is 6.92 Å². The van der Waals surface area contributed by atoms with Crippen molar-refractivity contribution in [1.29, 1.82) is 0 Å². The molecule has 25 heavy (non-hydrogen) atoms. The lowest BCUT2D eigenvalue weighted by Gasteiger charge is -2.12. The molecule has 0 amide bonds. The summed E-state index contributed by atoms with van der Waals surface area (Å²) in [5, 5.41) is 10.7. The van der Waals surface area contributed by atoms with Crippen LogP contribution in [0.2, 0.25) is 0 Å². The van der Waals surface area contributed by atoms with Gasteiger partial charge < -0.3 is 10.6 Å². The molecule has 0 bridgehead atoms. The average molecular weight is 338 g/mol. The summed E-state index contributed by atoms with van der Waals surface area (Å²) in [5.41, 5.74) is 2.16. The third-order valence-corrected chi connectivity index (χ3v) is 3.92. The number of aromatic nitrogens is 5. The summed E-state index contributed by atoms with van der Waals surface area (Å²) in [7, 11) is 3.67. The van der Waals surface area contributed by atoms with Crippen LogP contribution in [0.25, 0.3) is 5.82 Å². The van der Waals surface area contributed by atoms with Gasteiger partial charge in [0.25, 0.3) is 0 Å². The molecule has 0 atom stereocenters. The van der Waals surface area contributed by atoms with Crippen LogP contribution in [0.4, 0.5) is 0 Å². The Bertz CT molecular complexity index is 844. The first-order valence-corrected chi connectivity index (χ1v) is 8.04. The number of guanidine groups is 1. The summed E-state index contributed by atoms with van der Waals surface area (Å²) in [6.45, 7) is 3.25. The van der Waals surface area contributed by atoms with Crippen LogP contribution in [-0.2, 0) is 20.1 Å². The number of pyridine rings is 1. The first-order chi connectivity index (χ1) is 12.2. The van der Waals surface area contributed by atoms with Gasteiger partial charge in [0.05, 0.1) is 12.2 Å². The van der Waals surface area contributed by atoms with Crippen LogP contribution in [-0.4, -0.2) is 37.3 Å². The van der Waals surface area contributed by atoms with Gasteiger partial charge in [0.1, 0.15) is 11.6 Å². The normalized spacial score (nSPS) is 11.6. The molecular formula is C17H22N8. The predicted molar refractivity (Wildman–Crippen MR) is 96.3 cm³/mol. The quantitative estimate of drug-likeness (QED) is 0.539. The number of hydrogen-bond donors (Lipinski definition) is 2. The molecule has 8 nitrogen and oxygen atoms in total. The Morgan fingerprint density at radius 2 is 1.96 bits per heavy atom. The zero-order valence-corrected chi connectivity index (χ0v) is 14.6. The van der Waals surface area contributed by atoms with Gasteiger partial charge in [-0.3, -0.25) is 14.2 Å². The van der Waals surface area contributed by atoms with Crippen molar-refractivity contribution in [2.75, 3.05) is 7.05 Å². The Hall–Kier alpha value is -3.16. The van der Waals surface area contributed by atoms with E-state index in [2.05, 4.69) is 30.7 Å². The lowest BCUT2D eigenvalue weighted by atomic mass is 10.3. The van der Waals surface area contributed by atoms with Crippen LogP contribution in [0.3, 0.4) is 0 Å². The van der Waals surface area contributed by atoms with Crippen LogP contribution in [0.1, 0.15) is 17.1 Å². The minimum atomic E-state index is 0.640. The van der Waals surface area contributed by atoms with Gasteiger partial charge in [-0.05, 0) is 24.6 Å². The highest BCUT2D eigenvalue weighted by Crippen LogP contribution is 2.08. The second-order valence-electron chi connectivity index (χ2n) is 5.59. The molecule has 2 N–H and O–H groups in total. The molecule has 8 heteroatoms. The topological polar surface area (TPSA) is 84.9 Å². The molecule has 3 aromatic heterocycles. The van der Waals surface area contributed by atoms with Crippen molar-refractivity contribution in [3.8, 4) is 5.82 Å². The summed E-state index contributed by atoms with van der Waals surface area (Å²) in [5.74, 6) is 2.51. The first-order valence-electron chi connectivity index (χ1n) is 8.04. The molecule has 0 saturated heterocycles. The van der Waals surface area contributed by atoms with E-state index in [1.165, 1.54) is 0 Å². The smallest absolute Gasteiger partial charge is 0.191 e. The Kier molecular flexibility index (Phi) is 5.08. The van der Waals surface area contributed by atoms with E-state index in [0.717, 1.165) is 28.9 Å². The van der Waals surface area contributed by atoms with Gasteiger partial charge in [0.2, 0.25) is 0 Å². The zero-order valence-electron chi connectivity index (χ0n) is 14.6. The van der Waals surface area contributed by atoms with E-state index < -0.39 is 0 Å². The fourth-order valence-corrected chi connectivity index (χ4v) is 2.44. The highest BCUT2D eigenvalue weighted by Gasteiger charge is 2.04. The number of nitrogens with one attached hydrogen (secondary N) is 2. The van der Waals surface area contributed by atoms with E-state index in [4.69, 9.17) is 0 Å². The van der Waals surface area contributed by atoms with Gasteiger partial charge in [-0.2, -0.15) is 5.10 Å². The van der Waals surface area contributed by atoms with Crippen molar-refractivity contribution in [1.82, 2.24) is 34.9 Å². The van der Waals surface area contributed by atoms with E-state index in [1.54, 1.807) is 19.4 Å². The predicted octanol–water partition coefficient (Wildman–Crippen LogP) is 1.17. The van der Waals surface area contributed by atoms with Crippen molar-refractivity contribution < 1.29 is 0 Å². The van der Waals surface area contributed by atoms with Gasteiger partial charge in [-0.1, -0.05) is 6.07 Å². The third-order valence-electron chi connectivity index (χ3n) is 3.92. The molecular weight excluding hydrogens is 316 g/mol. The van der Waals surface area contributed by atoms with Crippen molar-refractivity contribution in [2.45, 2.75) is 20.0 Å². The van der Waals surface area contributed by atoms with Crippen molar-refractivity contribution in [2.24, 2.45) is 12.0 Å². The van der Waals surface area contributed by atoms with Gasteiger partial charge in [0.15, 0.2) is 5.96 Å². The van der Waals surface area contributed by atoms with Crippen LogP contribution >= 0.6 is 0 Å². The Morgan fingerprint density at radius 3 is 2.56 bits per heavy atom. The summed E-state index contributed by atoms with van der Waals surface area (Å²) in [6, 6.07) is 6.00. The number of hydrogen-bond acceptors (Lipinski definition) is 4. The Labute approximate surface area is 146 Å². The second-order valence-corrected chi connectivity index (χ2v) is 5.59. The molecule has 0 radical (unpaired) electrons. The molecule has 0 fully saturated rings. The standard InChI is InChI=1S/C17H22N8/c1-13-19-8-9-25(13)16-5-4-14(10-20-16)11-21-17(18-2)22-12-15-6-7-23-24(15)3/h4-10H,11-12H2,1-3H3,(H2,18,21,22). The molecule has 0 aliphatic carbocycles. The fraction of sp³-hybridized carbons (Fsp3) is 0.294. The van der Waals surface area contributed by atoms with Crippen LogP contribution in [0.5, 0.6) is 0 Å². The van der Waals surface area contributed by atoms with E-state index in [0.29, 0.717) is 13.1 Å². The monoisotopic (exact) mass is 338 g/mol. The van der Waals surface area contributed by atoms with E-state index >= 15 is 0 Å². The molecule has 3 rings (SSSR count). The minimum Gasteiger partial charge on any atom is -0.352 e. The summed E-state index contributed by atoms with van der Waals surface area (Å²) >= 11 is 0. The molecule has 0 aliphatic heterocycles. The lowest BCUT2D eigenvalue weighted by molar-refractivity contribution is 0.684. The number of imidazole rings is 1. The largest absolute Gasteiger partial charge is 0.352 e. The Morgan fingerprint density at radius 1 is 1.12 bits per heavy atom.